The van der Waals surface area contributed by atoms with Crippen LogP contribution in [0.3, 0.4) is 0 Å². The number of benzene rings is 1. The van der Waals surface area contributed by atoms with Crippen molar-refractivity contribution in [2.45, 2.75) is 38.2 Å². The summed E-state index contributed by atoms with van der Waals surface area (Å²) in [6.07, 6.45) is 5.04. The lowest BCUT2D eigenvalue weighted by molar-refractivity contribution is 0.0475. The molecular weight excluding hydrogens is 370 g/mol. The van der Waals surface area contributed by atoms with Crippen molar-refractivity contribution in [2.75, 3.05) is 39.8 Å². The van der Waals surface area contributed by atoms with Crippen LogP contribution in [-0.4, -0.2) is 73.5 Å². The fourth-order valence-electron chi connectivity index (χ4n) is 4.43. The van der Waals surface area contributed by atoms with Crippen LogP contribution in [0.5, 0.6) is 0 Å². The van der Waals surface area contributed by atoms with Crippen LogP contribution in [0.2, 0.25) is 0 Å². The van der Waals surface area contributed by atoms with E-state index in [1.807, 2.05) is 0 Å². The molecule has 7 heteroatoms. The van der Waals surface area contributed by atoms with Crippen LogP contribution in [-0.2, 0) is 4.74 Å². The van der Waals surface area contributed by atoms with Crippen molar-refractivity contribution < 1.29 is 19.1 Å². The number of carbonyl (C=O) groups excluding carboxylic acids is 3. The molecule has 1 atom stereocenters. The third kappa shape index (κ3) is 4.36. The summed E-state index contributed by atoms with van der Waals surface area (Å²) in [5, 5.41) is 2.96. The largest absolute Gasteiger partial charge is 0.376 e. The first-order chi connectivity index (χ1) is 14.0. The zero-order chi connectivity index (χ0) is 20.4. The second-order valence-corrected chi connectivity index (χ2v) is 8.41. The summed E-state index contributed by atoms with van der Waals surface area (Å²) in [6, 6.07) is 4.78. The number of hydrogen-bond acceptors (Lipinski definition) is 5. The van der Waals surface area contributed by atoms with E-state index >= 15 is 0 Å². The van der Waals surface area contributed by atoms with E-state index in [-0.39, 0.29) is 30.4 Å². The van der Waals surface area contributed by atoms with E-state index in [9.17, 15) is 14.4 Å². The van der Waals surface area contributed by atoms with Gasteiger partial charge in [0.25, 0.3) is 17.7 Å². The van der Waals surface area contributed by atoms with Crippen molar-refractivity contribution in [3.8, 4) is 0 Å². The zero-order valence-corrected chi connectivity index (χ0v) is 17.0. The topological polar surface area (TPSA) is 79.0 Å². The SMILES string of the molecule is CN1CCC(CCNC(=O)c2ccc3c(c2)C(=O)N(CC2CCCO2)C3=O)CC1. The Morgan fingerprint density at radius 1 is 1.14 bits per heavy atom. The molecule has 1 aromatic carbocycles. The van der Waals surface area contributed by atoms with Crippen molar-refractivity contribution in [1.82, 2.24) is 15.1 Å². The number of ether oxygens (including phenoxy) is 1. The van der Waals surface area contributed by atoms with Crippen molar-refractivity contribution in [2.24, 2.45) is 5.92 Å². The van der Waals surface area contributed by atoms with Gasteiger partial charge in [-0.15, -0.1) is 0 Å². The van der Waals surface area contributed by atoms with Crippen molar-refractivity contribution >= 4 is 17.7 Å². The molecule has 1 unspecified atom stereocenters. The molecule has 3 heterocycles. The van der Waals surface area contributed by atoms with Crippen molar-refractivity contribution in [3.63, 3.8) is 0 Å². The lowest BCUT2D eigenvalue weighted by Gasteiger charge is -2.28. The van der Waals surface area contributed by atoms with Crippen LogP contribution in [0.4, 0.5) is 0 Å². The smallest absolute Gasteiger partial charge is 0.261 e. The highest BCUT2D eigenvalue weighted by atomic mass is 16.5. The van der Waals surface area contributed by atoms with Gasteiger partial charge < -0.3 is 15.0 Å². The number of rotatable bonds is 6. The number of amides is 3. The van der Waals surface area contributed by atoms with Gasteiger partial charge in [-0.3, -0.25) is 19.3 Å². The molecule has 1 N–H and O–H groups in total. The van der Waals surface area contributed by atoms with Gasteiger partial charge in [-0.2, -0.15) is 0 Å². The first kappa shape index (κ1) is 20.0. The van der Waals surface area contributed by atoms with E-state index in [0.717, 1.165) is 32.4 Å². The Morgan fingerprint density at radius 3 is 2.62 bits per heavy atom. The Bertz CT molecular complexity index is 795. The Labute approximate surface area is 171 Å². The van der Waals surface area contributed by atoms with E-state index in [4.69, 9.17) is 4.74 Å². The molecule has 2 saturated heterocycles. The molecule has 4 rings (SSSR count). The normalized spacial score (nSPS) is 22.9. The predicted molar refractivity (Wildman–Crippen MR) is 108 cm³/mol. The van der Waals surface area contributed by atoms with E-state index < -0.39 is 0 Å². The fraction of sp³-hybridized carbons (Fsp3) is 0.591. The number of carbonyl (C=O) groups is 3. The molecular formula is C22H29N3O4. The second kappa shape index (κ2) is 8.63. The van der Waals surface area contributed by atoms with E-state index in [1.54, 1.807) is 18.2 Å². The maximum atomic E-state index is 12.7. The number of nitrogens with one attached hydrogen (secondary N) is 1. The molecule has 3 amide bonds. The minimum atomic E-state index is -0.332. The molecule has 0 bridgehead atoms. The molecule has 7 nitrogen and oxygen atoms in total. The first-order valence-electron chi connectivity index (χ1n) is 10.6. The van der Waals surface area contributed by atoms with Gasteiger partial charge in [-0.1, -0.05) is 0 Å². The molecule has 0 spiro atoms. The van der Waals surface area contributed by atoms with Gasteiger partial charge in [0.2, 0.25) is 0 Å². The Kier molecular flexibility index (Phi) is 5.96. The van der Waals surface area contributed by atoms with E-state index in [2.05, 4.69) is 17.3 Å². The molecule has 0 saturated carbocycles. The van der Waals surface area contributed by atoms with Gasteiger partial charge in [0.1, 0.15) is 0 Å². The zero-order valence-electron chi connectivity index (χ0n) is 17.0. The van der Waals surface area contributed by atoms with Crippen LogP contribution < -0.4 is 5.32 Å². The van der Waals surface area contributed by atoms with E-state index in [0.29, 0.717) is 35.8 Å². The number of fused-ring (bicyclic) bond motifs is 1. The number of hydrogen-bond donors (Lipinski definition) is 1. The second-order valence-electron chi connectivity index (χ2n) is 8.41. The lowest BCUT2D eigenvalue weighted by atomic mass is 9.94. The minimum absolute atomic E-state index is 0.0837. The summed E-state index contributed by atoms with van der Waals surface area (Å²) in [5.41, 5.74) is 1.11. The highest BCUT2D eigenvalue weighted by Gasteiger charge is 2.37. The molecule has 0 aliphatic carbocycles. The summed E-state index contributed by atoms with van der Waals surface area (Å²) in [5.74, 6) is -0.174. The summed E-state index contributed by atoms with van der Waals surface area (Å²) in [4.78, 5) is 41.4. The third-order valence-electron chi connectivity index (χ3n) is 6.32. The average Bonchev–Trinajstić information content (AvgIpc) is 3.32. The molecule has 3 aliphatic rings. The molecule has 0 aromatic heterocycles. The Morgan fingerprint density at radius 2 is 1.90 bits per heavy atom. The summed E-state index contributed by atoms with van der Waals surface area (Å²) in [7, 11) is 2.14. The quantitative estimate of drug-likeness (QED) is 0.740. The molecule has 156 valence electrons. The van der Waals surface area contributed by atoms with E-state index in [1.165, 1.54) is 17.7 Å². The number of piperidine rings is 1. The summed E-state index contributed by atoms with van der Waals surface area (Å²) < 4.78 is 5.56. The number of imide groups is 1. The minimum Gasteiger partial charge on any atom is -0.376 e. The van der Waals surface area contributed by atoms with Crippen LogP contribution in [0.1, 0.15) is 63.2 Å². The van der Waals surface area contributed by atoms with Gasteiger partial charge >= 0.3 is 0 Å². The van der Waals surface area contributed by atoms with Gasteiger partial charge in [0.05, 0.1) is 23.8 Å². The molecule has 0 radical (unpaired) electrons. The maximum absolute atomic E-state index is 12.7. The maximum Gasteiger partial charge on any atom is 0.261 e. The number of likely N-dealkylation sites (tertiary alicyclic amines) is 1. The standard InChI is InChI=1S/C22H29N3O4/c1-24-10-7-15(8-11-24)6-9-23-20(26)16-4-5-18-19(13-16)22(28)25(21(18)27)14-17-3-2-12-29-17/h4-5,13,15,17H,2-3,6-12,14H2,1H3,(H,23,26). The summed E-state index contributed by atoms with van der Waals surface area (Å²) in [6.45, 7) is 3.81. The van der Waals surface area contributed by atoms with Gasteiger partial charge in [-0.05, 0) is 76.4 Å². The van der Waals surface area contributed by atoms with Crippen LogP contribution in [0.15, 0.2) is 18.2 Å². The van der Waals surface area contributed by atoms with Crippen LogP contribution in [0.25, 0.3) is 0 Å². The molecule has 2 fully saturated rings. The molecule has 1 aromatic rings. The van der Waals surface area contributed by atoms with Gasteiger partial charge in [-0.25, -0.2) is 0 Å². The Balaban J connectivity index is 1.34. The highest BCUT2D eigenvalue weighted by molar-refractivity contribution is 6.22. The Hall–Kier alpha value is -2.25. The van der Waals surface area contributed by atoms with Crippen LogP contribution in [0, 0.1) is 5.92 Å². The van der Waals surface area contributed by atoms with Crippen molar-refractivity contribution in [3.05, 3.63) is 34.9 Å². The summed E-state index contributed by atoms with van der Waals surface area (Å²) >= 11 is 0. The van der Waals surface area contributed by atoms with Crippen molar-refractivity contribution in [1.29, 1.82) is 0 Å². The van der Waals surface area contributed by atoms with Gasteiger partial charge in [0, 0.05) is 18.7 Å². The lowest BCUT2D eigenvalue weighted by Crippen LogP contribution is -2.36. The monoisotopic (exact) mass is 399 g/mol. The molecule has 3 aliphatic heterocycles. The first-order valence-corrected chi connectivity index (χ1v) is 10.6. The third-order valence-corrected chi connectivity index (χ3v) is 6.32. The van der Waals surface area contributed by atoms with Crippen LogP contribution >= 0.6 is 0 Å². The highest BCUT2D eigenvalue weighted by Crippen LogP contribution is 2.26. The average molecular weight is 399 g/mol. The fourth-order valence-corrected chi connectivity index (χ4v) is 4.43. The predicted octanol–water partition coefficient (Wildman–Crippen LogP) is 1.92. The number of nitrogens with zero attached hydrogens (tertiary/aromatic N) is 2. The van der Waals surface area contributed by atoms with Gasteiger partial charge in [0.15, 0.2) is 0 Å². The molecule has 29 heavy (non-hydrogen) atoms.